The lowest BCUT2D eigenvalue weighted by atomic mass is 10.1. The highest BCUT2D eigenvalue weighted by atomic mass is 16.5. The molecule has 140 valence electrons. The van der Waals surface area contributed by atoms with Crippen LogP contribution in [0.2, 0.25) is 0 Å². The first-order valence-corrected chi connectivity index (χ1v) is 8.92. The Kier molecular flexibility index (Phi) is 4.97. The van der Waals surface area contributed by atoms with Gasteiger partial charge in [0.25, 0.3) is 11.6 Å². The molecule has 2 heterocycles. The molecule has 2 aromatic carbocycles. The highest BCUT2D eigenvalue weighted by Gasteiger charge is 2.18. The zero-order valence-corrected chi connectivity index (χ0v) is 15.3. The highest BCUT2D eigenvalue weighted by molar-refractivity contribution is 5.94. The Bertz CT molecular complexity index is 1090. The van der Waals surface area contributed by atoms with Crippen LogP contribution < -0.4 is 10.1 Å². The van der Waals surface area contributed by atoms with Crippen LogP contribution in [0.3, 0.4) is 0 Å². The molecule has 0 atom stereocenters. The fraction of sp³-hybridized carbons (Fsp3) is 0.143. The van der Waals surface area contributed by atoms with Crippen LogP contribution in [0.25, 0.3) is 22.4 Å². The van der Waals surface area contributed by atoms with E-state index in [2.05, 4.69) is 27.4 Å². The molecule has 1 amide bonds. The fourth-order valence-corrected chi connectivity index (χ4v) is 2.82. The first kappa shape index (κ1) is 17.7. The van der Waals surface area contributed by atoms with Gasteiger partial charge in [-0.15, -0.1) is 0 Å². The summed E-state index contributed by atoms with van der Waals surface area (Å²) < 4.78 is 10.9. The molecule has 7 heteroatoms. The van der Waals surface area contributed by atoms with Crippen LogP contribution in [0.5, 0.6) is 5.88 Å². The Balaban J connectivity index is 1.51. The van der Waals surface area contributed by atoms with Gasteiger partial charge in [-0.05, 0) is 24.1 Å². The summed E-state index contributed by atoms with van der Waals surface area (Å²) in [5.41, 5.74) is 3.65. The molecule has 0 aliphatic carbocycles. The Morgan fingerprint density at radius 2 is 1.86 bits per heavy atom. The molecular weight excluding hydrogens is 356 g/mol. The van der Waals surface area contributed by atoms with E-state index >= 15 is 0 Å². The number of hydrogen-bond donors (Lipinski definition) is 1. The van der Waals surface area contributed by atoms with Crippen LogP contribution in [0.4, 0.5) is 5.69 Å². The number of rotatable bonds is 6. The van der Waals surface area contributed by atoms with Crippen LogP contribution in [0.15, 0.2) is 65.4 Å². The zero-order valence-electron chi connectivity index (χ0n) is 15.3. The van der Waals surface area contributed by atoms with Crippen molar-refractivity contribution in [2.75, 3.05) is 11.9 Å². The van der Waals surface area contributed by atoms with Crippen LogP contribution in [0, 0.1) is 0 Å². The summed E-state index contributed by atoms with van der Waals surface area (Å²) in [4.78, 5) is 20.5. The molecule has 4 aromatic rings. The SMILES string of the molecule is CCc1ccc(NC(=O)COc2ncnc3onc(-c4ccccc4)c23)cc1. The average Bonchev–Trinajstić information content (AvgIpc) is 3.18. The Labute approximate surface area is 161 Å². The molecule has 0 aliphatic heterocycles. The Morgan fingerprint density at radius 3 is 2.61 bits per heavy atom. The van der Waals surface area contributed by atoms with Crippen molar-refractivity contribution in [3.8, 4) is 17.1 Å². The predicted molar refractivity (Wildman–Crippen MR) is 105 cm³/mol. The normalized spacial score (nSPS) is 10.8. The molecule has 0 saturated carbocycles. The van der Waals surface area contributed by atoms with Crippen molar-refractivity contribution >= 4 is 22.7 Å². The van der Waals surface area contributed by atoms with Crippen LogP contribution in [-0.4, -0.2) is 27.6 Å². The van der Waals surface area contributed by atoms with Crippen LogP contribution in [0.1, 0.15) is 12.5 Å². The average molecular weight is 374 g/mol. The van der Waals surface area contributed by atoms with E-state index in [4.69, 9.17) is 9.26 Å². The molecule has 2 aromatic heterocycles. The van der Waals surface area contributed by atoms with Gasteiger partial charge in [0.2, 0.25) is 5.88 Å². The summed E-state index contributed by atoms with van der Waals surface area (Å²) >= 11 is 0. The second kappa shape index (κ2) is 7.87. The number of hydrogen-bond acceptors (Lipinski definition) is 6. The van der Waals surface area contributed by atoms with Gasteiger partial charge in [-0.3, -0.25) is 4.79 Å². The summed E-state index contributed by atoms with van der Waals surface area (Å²) in [6, 6.07) is 17.2. The van der Waals surface area contributed by atoms with E-state index in [1.54, 1.807) is 0 Å². The first-order valence-electron chi connectivity index (χ1n) is 8.92. The largest absolute Gasteiger partial charge is 0.467 e. The number of carbonyl (C=O) groups is 1. The molecule has 28 heavy (non-hydrogen) atoms. The van der Waals surface area contributed by atoms with Gasteiger partial charge in [-0.2, -0.15) is 4.98 Å². The molecule has 0 bridgehead atoms. The van der Waals surface area contributed by atoms with E-state index in [9.17, 15) is 4.79 Å². The summed E-state index contributed by atoms with van der Waals surface area (Å²) in [6.45, 7) is 1.89. The van der Waals surface area contributed by atoms with Gasteiger partial charge in [0.1, 0.15) is 17.4 Å². The smallest absolute Gasteiger partial charge is 0.265 e. The van der Waals surface area contributed by atoms with Crippen LogP contribution >= 0.6 is 0 Å². The van der Waals surface area contributed by atoms with Gasteiger partial charge in [0, 0.05) is 11.3 Å². The van der Waals surface area contributed by atoms with Crippen molar-refractivity contribution in [2.24, 2.45) is 0 Å². The van der Waals surface area contributed by atoms with E-state index in [0.717, 1.165) is 12.0 Å². The van der Waals surface area contributed by atoms with Gasteiger partial charge in [0.15, 0.2) is 6.61 Å². The van der Waals surface area contributed by atoms with E-state index in [-0.39, 0.29) is 18.4 Å². The van der Waals surface area contributed by atoms with E-state index in [1.807, 2.05) is 54.6 Å². The summed E-state index contributed by atoms with van der Waals surface area (Å²) in [7, 11) is 0. The number of aryl methyl sites for hydroxylation is 1. The zero-order chi connectivity index (χ0) is 19.3. The summed E-state index contributed by atoms with van der Waals surface area (Å²) in [5.74, 6) is -0.0321. The Hall–Kier alpha value is -3.74. The molecule has 1 N–H and O–H groups in total. The molecule has 0 fully saturated rings. The number of aromatic nitrogens is 3. The molecule has 0 unspecified atom stereocenters. The molecule has 0 radical (unpaired) electrons. The number of fused-ring (bicyclic) bond motifs is 1. The number of carbonyl (C=O) groups excluding carboxylic acids is 1. The molecular formula is C21H18N4O3. The number of amides is 1. The maximum Gasteiger partial charge on any atom is 0.265 e. The quantitative estimate of drug-likeness (QED) is 0.551. The maximum atomic E-state index is 12.3. The summed E-state index contributed by atoms with van der Waals surface area (Å²) in [5, 5.41) is 7.42. The van der Waals surface area contributed by atoms with Gasteiger partial charge >= 0.3 is 0 Å². The number of anilines is 1. The third-order valence-electron chi connectivity index (χ3n) is 4.27. The van der Waals surface area contributed by atoms with Gasteiger partial charge < -0.3 is 14.6 Å². The Morgan fingerprint density at radius 1 is 1.07 bits per heavy atom. The lowest BCUT2D eigenvalue weighted by Crippen LogP contribution is -2.20. The van der Waals surface area contributed by atoms with E-state index < -0.39 is 0 Å². The molecule has 0 spiro atoms. The van der Waals surface area contributed by atoms with E-state index in [0.29, 0.717) is 22.5 Å². The monoisotopic (exact) mass is 374 g/mol. The predicted octanol–water partition coefficient (Wildman–Crippen LogP) is 3.86. The molecule has 0 saturated heterocycles. The van der Waals surface area contributed by atoms with Gasteiger partial charge in [-0.25, -0.2) is 4.98 Å². The number of ether oxygens (including phenoxy) is 1. The number of benzene rings is 2. The highest BCUT2D eigenvalue weighted by Crippen LogP contribution is 2.32. The number of nitrogens with one attached hydrogen (secondary N) is 1. The van der Waals surface area contributed by atoms with Crippen molar-refractivity contribution in [2.45, 2.75) is 13.3 Å². The van der Waals surface area contributed by atoms with Crippen molar-refractivity contribution in [1.29, 1.82) is 0 Å². The van der Waals surface area contributed by atoms with Crippen molar-refractivity contribution in [3.63, 3.8) is 0 Å². The minimum absolute atomic E-state index is 0.193. The fourth-order valence-electron chi connectivity index (χ4n) is 2.82. The minimum Gasteiger partial charge on any atom is -0.467 e. The standard InChI is InChI=1S/C21H18N4O3/c1-2-14-8-10-16(11-9-14)24-17(26)12-27-20-18-19(15-6-4-3-5-7-15)25-28-21(18)23-13-22-20/h3-11,13H,2,12H2,1H3,(H,24,26). The third-order valence-corrected chi connectivity index (χ3v) is 4.27. The van der Waals surface area contributed by atoms with Gasteiger partial charge in [-0.1, -0.05) is 54.5 Å². The minimum atomic E-state index is -0.284. The topological polar surface area (TPSA) is 90.1 Å². The van der Waals surface area contributed by atoms with Crippen LogP contribution in [-0.2, 0) is 11.2 Å². The molecule has 4 rings (SSSR count). The van der Waals surface area contributed by atoms with Gasteiger partial charge in [0.05, 0.1) is 0 Å². The second-order valence-electron chi connectivity index (χ2n) is 6.14. The molecule has 7 nitrogen and oxygen atoms in total. The van der Waals surface area contributed by atoms with Crippen molar-refractivity contribution in [1.82, 2.24) is 15.1 Å². The lowest BCUT2D eigenvalue weighted by molar-refractivity contribution is -0.118. The van der Waals surface area contributed by atoms with E-state index in [1.165, 1.54) is 11.9 Å². The third kappa shape index (κ3) is 3.68. The summed E-state index contributed by atoms with van der Waals surface area (Å²) in [6.07, 6.45) is 2.27. The van der Waals surface area contributed by atoms with Crippen molar-refractivity contribution in [3.05, 3.63) is 66.5 Å². The second-order valence-corrected chi connectivity index (χ2v) is 6.14. The first-order chi connectivity index (χ1) is 13.7. The maximum absolute atomic E-state index is 12.3. The molecule has 0 aliphatic rings. The van der Waals surface area contributed by atoms with Crippen molar-refractivity contribution < 1.29 is 14.1 Å². The lowest BCUT2D eigenvalue weighted by Gasteiger charge is -2.08. The number of nitrogens with zero attached hydrogens (tertiary/aromatic N) is 3.